The molecule has 8 heteroatoms. The normalized spacial score (nSPS) is 21.7. The summed E-state index contributed by atoms with van der Waals surface area (Å²) >= 11 is 0. The maximum absolute atomic E-state index is 13.5. The number of carbonyl (C=O) groups excluding carboxylic acids is 2. The third kappa shape index (κ3) is 2.29. The van der Waals surface area contributed by atoms with Gasteiger partial charge < -0.3 is 0 Å². The second-order valence-electron chi connectivity index (χ2n) is 6.34. The molecule has 26 heavy (non-hydrogen) atoms. The summed E-state index contributed by atoms with van der Waals surface area (Å²) in [6, 6.07) is 6.57. The molecule has 0 unspecified atom stereocenters. The molecule has 2 aromatic rings. The van der Waals surface area contributed by atoms with Crippen LogP contribution in [0, 0.1) is 25.5 Å². The monoisotopic (exact) mass is 356 g/mol. The minimum atomic E-state index is -1.13. The van der Waals surface area contributed by atoms with Crippen molar-refractivity contribution in [2.75, 3.05) is 9.91 Å². The first-order valence-corrected chi connectivity index (χ1v) is 7.98. The van der Waals surface area contributed by atoms with Gasteiger partial charge in [-0.1, -0.05) is 22.9 Å². The van der Waals surface area contributed by atoms with Gasteiger partial charge in [0.1, 0.15) is 0 Å². The fraction of sp³-hybridized carbons (Fsp3) is 0.222. The molecule has 0 radical (unpaired) electrons. The Morgan fingerprint density at radius 3 is 2.42 bits per heavy atom. The smallest absolute Gasteiger partial charge is 0.263 e. The highest BCUT2D eigenvalue weighted by molar-refractivity contribution is 6.26. The molecule has 0 aromatic heterocycles. The highest BCUT2D eigenvalue weighted by Crippen LogP contribution is 2.36. The lowest BCUT2D eigenvalue weighted by atomic mass is 10.1. The third-order valence-corrected chi connectivity index (χ3v) is 4.54. The molecule has 0 saturated carbocycles. The van der Waals surface area contributed by atoms with Gasteiger partial charge >= 0.3 is 0 Å². The Balaban J connectivity index is 1.72. The molecule has 2 amide bonds. The van der Waals surface area contributed by atoms with Gasteiger partial charge in [-0.3, -0.25) is 9.59 Å². The van der Waals surface area contributed by atoms with Gasteiger partial charge in [0.25, 0.3) is 11.8 Å². The Morgan fingerprint density at radius 2 is 1.73 bits per heavy atom. The highest BCUT2D eigenvalue weighted by Gasteiger charge is 2.55. The number of halogens is 2. The first-order valence-electron chi connectivity index (χ1n) is 7.98. The van der Waals surface area contributed by atoms with Crippen molar-refractivity contribution >= 4 is 23.2 Å². The lowest BCUT2D eigenvalue weighted by Crippen LogP contribution is -2.40. The average molecular weight is 356 g/mol. The number of hydrogen-bond donors (Lipinski definition) is 0. The van der Waals surface area contributed by atoms with Crippen LogP contribution in [-0.2, 0) is 9.59 Å². The molecule has 2 aliphatic rings. The van der Waals surface area contributed by atoms with Crippen LogP contribution in [-0.4, -0.2) is 23.9 Å². The molecular weight excluding hydrogens is 342 g/mol. The number of aryl methyl sites for hydroxylation is 2. The zero-order chi connectivity index (χ0) is 18.6. The van der Waals surface area contributed by atoms with Gasteiger partial charge in [0.15, 0.2) is 23.7 Å². The Hall–Kier alpha value is -3.16. The van der Waals surface area contributed by atoms with Gasteiger partial charge in [0.05, 0.1) is 11.4 Å². The van der Waals surface area contributed by atoms with Crippen molar-refractivity contribution in [1.29, 1.82) is 0 Å². The zero-order valence-electron chi connectivity index (χ0n) is 14.0. The highest BCUT2D eigenvalue weighted by atomic mass is 19.2. The van der Waals surface area contributed by atoms with E-state index in [0.29, 0.717) is 5.69 Å². The number of carbonyl (C=O) groups is 2. The Morgan fingerprint density at radius 1 is 0.962 bits per heavy atom. The van der Waals surface area contributed by atoms with E-state index in [2.05, 4.69) is 10.3 Å². The molecule has 1 fully saturated rings. The predicted molar refractivity (Wildman–Crippen MR) is 89.7 cm³/mol. The van der Waals surface area contributed by atoms with Crippen LogP contribution in [0.25, 0.3) is 0 Å². The van der Waals surface area contributed by atoms with E-state index in [4.69, 9.17) is 0 Å². The summed E-state index contributed by atoms with van der Waals surface area (Å²) in [5.74, 6) is -3.37. The number of hydrogen-bond acceptors (Lipinski definition) is 5. The topological polar surface area (TPSA) is 65.3 Å². The van der Waals surface area contributed by atoms with Crippen molar-refractivity contribution < 1.29 is 18.4 Å². The molecule has 0 N–H and O–H groups in total. The van der Waals surface area contributed by atoms with Gasteiger partial charge in [-0.15, -0.1) is 0 Å². The van der Waals surface area contributed by atoms with E-state index >= 15 is 0 Å². The Bertz CT molecular complexity index is 976. The molecule has 0 spiro atoms. The summed E-state index contributed by atoms with van der Waals surface area (Å²) in [7, 11) is 0. The summed E-state index contributed by atoms with van der Waals surface area (Å²) in [6.07, 6.45) is 0. The van der Waals surface area contributed by atoms with Crippen LogP contribution in [0.15, 0.2) is 46.7 Å². The molecule has 2 aliphatic heterocycles. The maximum Gasteiger partial charge on any atom is 0.263 e. The lowest BCUT2D eigenvalue weighted by Gasteiger charge is -2.22. The number of nitrogens with zero attached hydrogens (tertiary/aromatic N) is 4. The zero-order valence-corrected chi connectivity index (χ0v) is 14.0. The number of rotatable bonds is 2. The van der Waals surface area contributed by atoms with Crippen LogP contribution in [0.4, 0.5) is 20.2 Å². The van der Waals surface area contributed by atoms with Crippen LogP contribution in [0.3, 0.4) is 0 Å². The van der Waals surface area contributed by atoms with E-state index in [1.807, 2.05) is 32.0 Å². The average Bonchev–Trinajstić information content (AvgIpc) is 3.12. The molecule has 6 nitrogen and oxygen atoms in total. The van der Waals surface area contributed by atoms with E-state index in [1.54, 1.807) is 0 Å². The minimum absolute atomic E-state index is 0.0240. The summed E-state index contributed by atoms with van der Waals surface area (Å²) in [5, 5.41) is 9.35. The Labute approximate surface area is 147 Å². The Kier molecular flexibility index (Phi) is 3.57. The van der Waals surface area contributed by atoms with E-state index < -0.39 is 35.5 Å². The van der Waals surface area contributed by atoms with Crippen LogP contribution < -0.4 is 9.91 Å². The standard InChI is InChI=1S/C18H14F2N4O2/c1-9-3-6-14(10(2)7-9)24-16-15(21-22-24)17(25)23(18(16)26)11-4-5-12(19)13(20)8-11/h3-8,15-16H,1-2H3/t15-,16+/m0/s1. The molecule has 2 heterocycles. The number of fused-ring (bicyclic) bond motifs is 1. The molecular formula is C18H14F2N4O2. The molecule has 2 atom stereocenters. The quantitative estimate of drug-likeness (QED) is 0.777. The summed E-state index contributed by atoms with van der Waals surface area (Å²) in [5.41, 5.74) is 2.58. The number of benzene rings is 2. The minimum Gasteiger partial charge on any atom is -0.271 e. The fourth-order valence-corrected chi connectivity index (χ4v) is 3.30. The molecule has 4 rings (SSSR count). The van der Waals surface area contributed by atoms with E-state index in [9.17, 15) is 18.4 Å². The van der Waals surface area contributed by atoms with Gasteiger partial charge in [-0.25, -0.2) is 18.7 Å². The number of imide groups is 1. The van der Waals surface area contributed by atoms with Crippen LogP contribution >= 0.6 is 0 Å². The third-order valence-electron chi connectivity index (χ3n) is 4.54. The van der Waals surface area contributed by atoms with E-state index in [0.717, 1.165) is 28.2 Å². The SMILES string of the molecule is Cc1ccc(N2N=N[C@@H]3C(=O)N(c4ccc(F)c(F)c4)C(=O)[C@@H]32)c(C)c1. The largest absolute Gasteiger partial charge is 0.271 e. The van der Waals surface area contributed by atoms with Crippen molar-refractivity contribution in [3.63, 3.8) is 0 Å². The van der Waals surface area contributed by atoms with Gasteiger partial charge in [-0.05, 0) is 37.6 Å². The van der Waals surface area contributed by atoms with Crippen LogP contribution in [0.1, 0.15) is 11.1 Å². The van der Waals surface area contributed by atoms with Gasteiger partial charge in [0.2, 0.25) is 0 Å². The second kappa shape index (κ2) is 5.69. The summed E-state index contributed by atoms with van der Waals surface area (Å²) in [6.45, 7) is 3.82. The van der Waals surface area contributed by atoms with E-state index in [1.165, 1.54) is 11.1 Å². The maximum atomic E-state index is 13.5. The van der Waals surface area contributed by atoms with Gasteiger partial charge in [0, 0.05) is 6.07 Å². The molecule has 0 bridgehead atoms. The molecule has 0 aliphatic carbocycles. The van der Waals surface area contributed by atoms with Crippen molar-refractivity contribution in [2.24, 2.45) is 10.3 Å². The van der Waals surface area contributed by atoms with Crippen LogP contribution in [0.2, 0.25) is 0 Å². The van der Waals surface area contributed by atoms with Crippen molar-refractivity contribution in [3.8, 4) is 0 Å². The number of amides is 2. The van der Waals surface area contributed by atoms with Crippen molar-refractivity contribution in [1.82, 2.24) is 0 Å². The number of anilines is 2. The lowest BCUT2D eigenvalue weighted by molar-refractivity contribution is -0.121. The first-order chi connectivity index (χ1) is 12.4. The summed E-state index contributed by atoms with van der Waals surface area (Å²) < 4.78 is 26.7. The molecule has 2 aromatic carbocycles. The van der Waals surface area contributed by atoms with E-state index in [-0.39, 0.29) is 5.69 Å². The molecule has 132 valence electrons. The van der Waals surface area contributed by atoms with Crippen LogP contribution in [0.5, 0.6) is 0 Å². The summed E-state index contributed by atoms with van der Waals surface area (Å²) in [4.78, 5) is 26.3. The fourth-order valence-electron chi connectivity index (χ4n) is 3.30. The van der Waals surface area contributed by atoms with Gasteiger partial charge in [-0.2, -0.15) is 5.11 Å². The molecule has 1 saturated heterocycles. The van der Waals surface area contributed by atoms with Crippen molar-refractivity contribution in [2.45, 2.75) is 25.9 Å². The first kappa shape index (κ1) is 16.3. The predicted octanol–water partition coefficient (Wildman–Crippen LogP) is 3.08. The second-order valence-corrected chi connectivity index (χ2v) is 6.34. The van der Waals surface area contributed by atoms with Crippen molar-refractivity contribution in [3.05, 3.63) is 59.2 Å².